The summed E-state index contributed by atoms with van der Waals surface area (Å²) in [7, 11) is 1.62. The van der Waals surface area contributed by atoms with E-state index in [0.717, 1.165) is 11.1 Å². The first-order valence-corrected chi connectivity index (χ1v) is 6.30. The Morgan fingerprint density at radius 1 is 1.15 bits per heavy atom. The fourth-order valence-corrected chi connectivity index (χ4v) is 2.08. The number of amides is 1. The topological polar surface area (TPSA) is 46.3 Å². The van der Waals surface area contributed by atoms with Crippen LogP contribution in [0.25, 0.3) is 0 Å². The Labute approximate surface area is 117 Å². The second-order valence-electron chi connectivity index (χ2n) is 4.87. The molecule has 0 saturated carbocycles. The second kappa shape index (κ2) is 5.33. The molecule has 0 aliphatic heterocycles. The molecule has 0 spiro atoms. The van der Waals surface area contributed by atoms with Crippen molar-refractivity contribution in [2.75, 3.05) is 17.7 Å². The Hall–Kier alpha value is -2.36. The molecule has 0 aliphatic rings. The van der Waals surface area contributed by atoms with Crippen molar-refractivity contribution in [1.29, 1.82) is 0 Å². The molecule has 0 radical (unpaired) electrons. The van der Waals surface area contributed by atoms with Crippen LogP contribution >= 0.6 is 0 Å². The molecule has 0 saturated heterocycles. The van der Waals surface area contributed by atoms with Crippen molar-refractivity contribution in [2.24, 2.45) is 0 Å². The first-order valence-electron chi connectivity index (χ1n) is 6.30. The standard InChI is InChI=1S/C16H17FN2O/c1-10-7-11(2)15(18)9-14(10)16(20)19(3)13-6-4-5-12(17)8-13/h4-9H,18H2,1-3H3. The molecule has 104 valence electrons. The van der Waals surface area contributed by atoms with Gasteiger partial charge < -0.3 is 10.6 Å². The number of nitrogen functional groups attached to an aromatic ring is 1. The first kappa shape index (κ1) is 14.1. The average Bonchev–Trinajstić information content (AvgIpc) is 2.41. The van der Waals surface area contributed by atoms with Gasteiger partial charge in [-0.1, -0.05) is 12.1 Å². The number of nitrogens with two attached hydrogens (primary N) is 1. The lowest BCUT2D eigenvalue weighted by molar-refractivity contribution is 0.0992. The summed E-state index contributed by atoms with van der Waals surface area (Å²) in [5.41, 5.74) is 9.26. The maximum atomic E-state index is 13.2. The number of aryl methyl sites for hydroxylation is 2. The van der Waals surface area contributed by atoms with Crippen LogP contribution in [0.1, 0.15) is 21.5 Å². The number of anilines is 2. The molecule has 0 unspecified atom stereocenters. The van der Waals surface area contributed by atoms with Gasteiger partial charge in [0.05, 0.1) is 0 Å². The van der Waals surface area contributed by atoms with Gasteiger partial charge in [-0.05, 0) is 49.2 Å². The first-order chi connectivity index (χ1) is 9.40. The predicted octanol–water partition coefficient (Wildman–Crippen LogP) is 3.30. The molecule has 0 atom stereocenters. The third-order valence-electron chi connectivity index (χ3n) is 3.34. The lowest BCUT2D eigenvalue weighted by atomic mass is 10.0. The molecule has 2 rings (SSSR count). The van der Waals surface area contributed by atoms with Crippen LogP contribution < -0.4 is 10.6 Å². The molecule has 0 aliphatic carbocycles. The summed E-state index contributed by atoms with van der Waals surface area (Å²) in [6.07, 6.45) is 0. The summed E-state index contributed by atoms with van der Waals surface area (Å²) >= 11 is 0. The summed E-state index contributed by atoms with van der Waals surface area (Å²) in [4.78, 5) is 13.9. The molecular formula is C16H17FN2O. The third-order valence-corrected chi connectivity index (χ3v) is 3.34. The molecule has 0 fully saturated rings. The lowest BCUT2D eigenvalue weighted by Gasteiger charge is -2.19. The van der Waals surface area contributed by atoms with E-state index in [0.29, 0.717) is 16.9 Å². The fraction of sp³-hybridized carbons (Fsp3) is 0.188. The molecule has 0 heterocycles. The number of carbonyl (C=O) groups is 1. The van der Waals surface area contributed by atoms with E-state index in [1.165, 1.54) is 17.0 Å². The van der Waals surface area contributed by atoms with Gasteiger partial charge in [0.1, 0.15) is 5.82 Å². The quantitative estimate of drug-likeness (QED) is 0.853. The van der Waals surface area contributed by atoms with Crippen LogP contribution in [0.15, 0.2) is 36.4 Å². The van der Waals surface area contributed by atoms with E-state index in [9.17, 15) is 9.18 Å². The molecule has 4 heteroatoms. The van der Waals surface area contributed by atoms with Crippen LogP contribution in [0.4, 0.5) is 15.8 Å². The van der Waals surface area contributed by atoms with Gasteiger partial charge in [-0.15, -0.1) is 0 Å². The molecule has 3 nitrogen and oxygen atoms in total. The van der Waals surface area contributed by atoms with Gasteiger partial charge in [-0.25, -0.2) is 4.39 Å². The molecular weight excluding hydrogens is 255 g/mol. The lowest BCUT2D eigenvalue weighted by Crippen LogP contribution is -2.27. The zero-order valence-corrected chi connectivity index (χ0v) is 11.8. The van der Waals surface area contributed by atoms with E-state index in [1.807, 2.05) is 19.9 Å². The minimum Gasteiger partial charge on any atom is -0.398 e. The van der Waals surface area contributed by atoms with E-state index in [4.69, 9.17) is 5.73 Å². The van der Waals surface area contributed by atoms with Gasteiger partial charge in [0, 0.05) is 24.0 Å². The van der Waals surface area contributed by atoms with E-state index in [2.05, 4.69) is 0 Å². The fourth-order valence-electron chi connectivity index (χ4n) is 2.08. The maximum absolute atomic E-state index is 13.2. The van der Waals surface area contributed by atoms with Gasteiger partial charge in [-0.2, -0.15) is 0 Å². The van der Waals surface area contributed by atoms with Crippen LogP contribution in [0, 0.1) is 19.7 Å². The average molecular weight is 272 g/mol. The maximum Gasteiger partial charge on any atom is 0.258 e. The highest BCUT2D eigenvalue weighted by Gasteiger charge is 2.17. The highest BCUT2D eigenvalue weighted by Crippen LogP contribution is 2.22. The Bertz CT molecular complexity index is 668. The van der Waals surface area contributed by atoms with Crippen LogP contribution in [-0.4, -0.2) is 13.0 Å². The molecule has 2 aromatic rings. The van der Waals surface area contributed by atoms with Gasteiger partial charge in [0.2, 0.25) is 0 Å². The third kappa shape index (κ3) is 2.64. The van der Waals surface area contributed by atoms with Crippen molar-refractivity contribution >= 4 is 17.3 Å². The monoisotopic (exact) mass is 272 g/mol. The summed E-state index contributed by atoms with van der Waals surface area (Å²) < 4.78 is 13.2. The van der Waals surface area contributed by atoms with Crippen LogP contribution in [0.3, 0.4) is 0 Å². The summed E-state index contributed by atoms with van der Waals surface area (Å²) in [6, 6.07) is 9.48. The SMILES string of the molecule is Cc1cc(C)c(C(=O)N(C)c2cccc(F)c2)cc1N. The molecule has 2 aromatic carbocycles. The molecule has 2 N–H and O–H groups in total. The summed E-state index contributed by atoms with van der Waals surface area (Å²) in [6.45, 7) is 3.76. The van der Waals surface area contributed by atoms with Crippen molar-refractivity contribution in [1.82, 2.24) is 0 Å². The van der Waals surface area contributed by atoms with Gasteiger partial charge >= 0.3 is 0 Å². The van der Waals surface area contributed by atoms with E-state index >= 15 is 0 Å². The number of halogens is 1. The molecule has 20 heavy (non-hydrogen) atoms. The molecule has 0 bridgehead atoms. The van der Waals surface area contributed by atoms with Gasteiger partial charge in [0.25, 0.3) is 5.91 Å². The Balaban J connectivity index is 2.39. The van der Waals surface area contributed by atoms with Crippen molar-refractivity contribution in [2.45, 2.75) is 13.8 Å². The second-order valence-corrected chi connectivity index (χ2v) is 4.87. The Kier molecular flexibility index (Phi) is 3.74. The zero-order chi connectivity index (χ0) is 14.9. The number of benzene rings is 2. The molecule has 1 amide bonds. The van der Waals surface area contributed by atoms with Crippen molar-refractivity contribution in [3.05, 3.63) is 58.9 Å². The number of hydrogen-bond donors (Lipinski definition) is 1. The van der Waals surface area contributed by atoms with Crippen LogP contribution in [0.5, 0.6) is 0 Å². The Morgan fingerprint density at radius 2 is 1.85 bits per heavy atom. The van der Waals surface area contributed by atoms with Crippen molar-refractivity contribution in [3.8, 4) is 0 Å². The highest BCUT2D eigenvalue weighted by molar-refractivity contribution is 6.07. The largest absolute Gasteiger partial charge is 0.398 e. The number of rotatable bonds is 2. The summed E-state index contributed by atoms with van der Waals surface area (Å²) in [5.74, 6) is -0.581. The minimum absolute atomic E-state index is 0.209. The smallest absolute Gasteiger partial charge is 0.258 e. The van der Waals surface area contributed by atoms with Crippen molar-refractivity contribution < 1.29 is 9.18 Å². The highest BCUT2D eigenvalue weighted by atomic mass is 19.1. The predicted molar refractivity (Wildman–Crippen MR) is 79.5 cm³/mol. The zero-order valence-electron chi connectivity index (χ0n) is 11.8. The van der Waals surface area contributed by atoms with Crippen LogP contribution in [0.2, 0.25) is 0 Å². The number of carbonyl (C=O) groups excluding carboxylic acids is 1. The molecule has 0 aromatic heterocycles. The normalized spacial score (nSPS) is 10.4. The number of hydrogen-bond acceptors (Lipinski definition) is 2. The van der Waals surface area contributed by atoms with Crippen LogP contribution in [-0.2, 0) is 0 Å². The minimum atomic E-state index is -0.373. The van der Waals surface area contributed by atoms with E-state index in [-0.39, 0.29) is 11.7 Å². The summed E-state index contributed by atoms with van der Waals surface area (Å²) in [5, 5.41) is 0. The Morgan fingerprint density at radius 3 is 2.50 bits per heavy atom. The van der Waals surface area contributed by atoms with Crippen molar-refractivity contribution in [3.63, 3.8) is 0 Å². The van der Waals surface area contributed by atoms with E-state index < -0.39 is 0 Å². The van der Waals surface area contributed by atoms with Gasteiger partial charge in [0.15, 0.2) is 0 Å². The van der Waals surface area contributed by atoms with Gasteiger partial charge in [-0.3, -0.25) is 4.79 Å². The number of nitrogens with zero attached hydrogens (tertiary/aromatic N) is 1. The van der Waals surface area contributed by atoms with E-state index in [1.54, 1.807) is 25.2 Å².